The van der Waals surface area contributed by atoms with Crippen molar-refractivity contribution in [1.29, 1.82) is 0 Å². The average molecular weight is 218 g/mol. The van der Waals surface area contributed by atoms with Gasteiger partial charge in [-0.25, -0.2) is 0 Å². The third-order valence-electron chi connectivity index (χ3n) is 1.73. The van der Waals surface area contributed by atoms with Crippen molar-refractivity contribution in [1.82, 2.24) is 15.2 Å². The fraction of sp³-hybridized carbons (Fsp3) is 0.200. The van der Waals surface area contributed by atoms with Crippen molar-refractivity contribution in [3.05, 3.63) is 24.5 Å². The second-order valence-electron chi connectivity index (χ2n) is 2.82. The van der Waals surface area contributed by atoms with Gasteiger partial charge >= 0.3 is 6.01 Å². The predicted molar refractivity (Wildman–Crippen MR) is 57.3 cm³/mol. The summed E-state index contributed by atoms with van der Waals surface area (Å²) >= 11 is 0. The Morgan fingerprint density at radius 1 is 1.50 bits per heavy atom. The fourth-order valence-corrected chi connectivity index (χ4v) is 1.03. The summed E-state index contributed by atoms with van der Waals surface area (Å²) in [5, 5.41) is 7.58. The lowest BCUT2D eigenvalue weighted by atomic mass is 10.3. The highest BCUT2D eigenvalue weighted by Crippen LogP contribution is 2.19. The second-order valence-corrected chi connectivity index (χ2v) is 2.82. The van der Waals surface area contributed by atoms with Crippen molar-refractivity contribution in [2.45, 2.75) is 6.92 Å². The van der Waals surface area contributed by atoms with Crippen LogP contribution in [-0.4, -0.2) is 28.2 Å². The Morgan fingerprint density at radius 2 is 2.44 bits per heavy atom. The first-order valence-corrected chi connectivity index (χ1v) is 4.78. The molecule has 0 aromatic carbocycles. The molecule has 0 fully saturated rings. The Labute approximate surface area is 92.0 Å². The van der Waals surface area contributed by atoms with Gasteiger partial charge in [0, 0.05) is 12.4 Å². The van der Waals surface area contributed by atoms with Gasteiger partial charge in [-0.3, -0.25) is 4.98 Å². The average Bonchev–Trinajstić information content (AvgIpc) is 2.79. The highest BCUT2D eigenvalue weighted by Gasteiger charge is 2.06. The Hall–Kier alpha value is -2.24. The zero-order valence-electron chi connectivity index (χ0n) is 8.70. The summed E-state index contributed by atoms with van der Waals surface area (Å²) in [6.07, 6.45) is 4.60. The molecule has 0 unspecified atom stereocenters. The van der Waals surface area contributed by atoms with E-state index in [1.807, 2.05) is 13.0 Å². The molecule has 82 valence electrons. The molecule has 0 aliphatic carbocycles. The minimum absolute atomic E-state index is 0.160. The van der Waals surface area contributed by atoms with E-state index >= 15 is 0 Å². The molecule has 0 saturated carbocycles. The van der Waals surface area contributed by atoms with E-state index in [-0.39, 0.29) is 6.01 Å². The third-order valence-corrected chi connectivity index (χ3v) is 1.73. The van der Waals surface area contributed by atoms with Crippen LogP contribution < -0.4 is 0 Å². The SMILES string of the molecule is CCOC=Nc1nnc(-c2cccnc2)o1. The van der Waals surface area contributed by atoms with Crippen molar-refractivity contribution in [2.24, 2.45) is 4.99 Å². The number of rotatable bonds is 4. The van der Waals surface area contributed by atoms with E-state index in [1.165, 1.54) is 6.40 Å². The standard InChI is InChI=1S/C10H10N4O2/c1-2-15-7-12-10-14-13-9(16-10)8-4-3-5-11-6-8/h3-7H,2H2,1H3. The Bertz CT molecular complexity index is 467. The van der Waals surface area contributed by atoms with E-state index in [0.29, 0.717) is 12.5 Å². The Kier molecular flexibility index (Phi) is 3.22. The van der Waals surface area contributed by atoms with Crippen molar-refractivity contribution < 1.29 is 9.15 Å². The smallest absolute Gasteiger partial charge is 0.345 e. The van der Waals surface area contributed by atoms with Gasteiger partial charge in [0.05, 0.1) is 12.2 Å². The molecule has 6 heteroatoms. The largest absolute Gasteiger partial charge is 0.483 e. The normalized spacial score (nSPS) is 10.8. The number of nitrogens with zero attached hydrogens (tertiary/aromatic N) is 4. The van der Waals surface area contributed by atoms with Gasteiger partial charge < -0.3 is 9.15 Å². The molecule has 16 heavy (non-hydrogen) atoms. The van der Waals surface area contributed by atoms with Crippen LogP contribution in [0.5, 0.6) is 0 Å². The molecule has 2 heterocycles. The molecule has 0 bridgehead atoms. The molecule has 0 N–H and O–H groups in total. The summed E-state index contributed by atoms with van der Waals surface area (Å²) < 4.78 is 10.2. The number of hydrogen-bond donors (Lipinski definition) is 0. The molecule has 0 radical (unpaired) electrons. The van der Waals surface area contributed by atoms with Crippen LogP contribution in [0.4, 0.5) is 6.01 Å². The van der Waals surface area contributed by atoms with Crippen LogP contribution in [0.2, 0.25) is 0 Å². The van der Waals surface area contributed by atoms with Gasteiger partial charge in [0.25, 0.3) is 5.89 Å². The zero-order valence-corrected chi connectivity index (χ0v) is 8.70. The minimum atomic E-state index is 0.160. The van der Waals surface area contributed by atoms with Gasteiger partial charge in [0.1, 0.15) is 0 Å². The summed E-state index contributed by atoms with van der Waals surface area (Å²) in [6, 6.07) is 3.78. The molecule has 0 aliphatic heterocycles. The number of ether oxygens (including phenoxy) is 1. The number of aromatic nitrogens is 3. The lowest BCUT2D eigenvalue weighted by Crippen LogP contribution is -1.83. The van der Waals surface area contributed by atoms with Gasteiger partial charge in [-0.15, -0.1) is 5.10 Å². The molecule has 6 nitrogen and oxygen atoms in total. The Balaban J connectivity index is 2.14. The first-order chi connectivity index (χ1) is 7.90. The van der Waals surface area contributed by atoms with Crippen LogP contribution in [0.15, 0.2) is 33.9 Å². The maximum Gasteiger partial charge on any atom is 0.345 e. The van der Waals surface area contributed by atoms with Crippen LogP contribution in [-0.2, 0) is 4.74 Å². The maximum atomic E-state index is 5.28. The lowest BCUT2D eigenvalue weighted by Gasteiger charge is -1.90. The van der Waals surface area contributed by atoms with Gasteiger partial charge in [-0.05, 0) is 19.1 Å². The van der Waals surface area contributed by atoms with Crippen molar-refractivity contribution >= 4 is 12.4 Å². The van der Waals surface area contributed by atoms with Crippen molar-refractivity contribution in [3.8, 4) is 11.5 Å². The topological polar surface area (TPSA) is 73.4 Å². The maximum absolute atomic E-state index is 5.28. The molecule has 2 aromatic rings. The van der Waals surface area contributed by atoms with Gasteiger partial charge in [0.2, 0.25) is 0 Å². The van der Waals surface area contributed by atoms with Crippen LogP contribution >= 0.6 is 0 Å². The minimum Gasteiger partial charge on any atom is -0.483 e. The monoisotopic (exact) mass is 218 g/mol. The number of aliphatic imine (C=N–C) groups is 1. The molecule has 0 atom stereocenters. The summed E-state index contributed by atoms with van der Waals surface area (Å²) in [5.41, 5.74) is 0.757. The Morgan fingerprint density at radius 3 is 3.19 bits per heavy atom. The third kappa shape index (κ3) is 2.41. The first kappa shape index (κ1) is 10.3. The highest BCUT2D eigenvalue weighted by atomic mass is 16.5. The summed E-state index contributed by atoms with van der Waals surface area (Å²) in [4.78, 5) is 7.79. The van der Waals surface area contributed by atoms with Crippen LogP contribution in [0, 0.1) is 0 Å². The zero-order chi connectivity index (χ0) is 11.2. The lowest BCUT2D eigenvalue weighted by molar-refractivity contribution is 0.343. The van der Waals surface area contributed by atoms with Gasteiger partial charge in [-0.2, -0.15) is 4.99 Å². The highest BCUT2D eigenvalue weighted by molar-refractivity contribution is 5.53. The molecule has 0 saturated heterocycles. The van der Waals surface area contributed by atoms with Crippen LogP contribution in [0.1, 0.15) is 6.92 Å². The summed E-state index contributed by atoms with van der Waals surface area (Å²) in [6.45, 7) is 2.41. The van der Waals surface area contributed by atoms with E-state index in [1.54, 1.807) is 18.5 Å². The first-order valence-electron chi connectivity index (χ1n) is 4.78. The fourth-order valence-electron chi connectivity index (χ4n) is 1.03. The van der Waals surface area contributed by atoms with E-state index in [0.717, 1.165) is 5.56 Å². The molecule has 2 aromatic heterocycles. The molecule has 0 aliphatic rings. The second kappa shape index (κ2) is 5.01. The summed E-state index contributed by atoms with van der Waals surface area (Å²) in [5.74, 6) is 0.386. The van der Waals surface area contributed by atoms with Crippen LogP contribution in [0.3, 0.4) is 0 Å². The van der Waals surface area contributed by atoms with E-state index in [4.69, 9.17) is 9.15 Å². The van der Waals surface area contributed by atoms with E-state index in [2.05, 4.69) is 20.2 Å². The molecule has 0 amide bonds. The van der Waals surface area contributed by atoms with E-state index in [9.17, 15) is 0 Å². The molecule has 0 spiro atoms. The molecular weight excluding hydrogens is 208 g/mol. The van der Waals surface area contributed by atoms with E-state index < -0.39 is 0 Å². The van der Waals surface area contributed by atoms with Gasteiger partial charge in [0.15, 0.2) is 6.40 Å². The predicted octanol–water partition coefficient (Wildman–Crippen LogP) is 1.83. The quantitative estimate of drug-likeness (QED) is 0.578. The number of pyridine rings is 1. The molecular formula is C10H10N4O2. The molecule has 2 rings (SSSR count). The van der Waals surface area contributed by atoms with Crippen molar-refractivity contribution in [2.75, 3.05) is 6.61 Å². The summed E-state index contributed by atoms with van der Waals surface area (Å²) in [7, 11) is 0. The number of hydrogen-bond acceptors (Lipinski definition) is 6. The van der Waals surface area contributed by atoms with Crippen molar-refractivity contribution in [3.63, 3.8) is 0 Å². The van der Waals surface area contributed by atoms with Gasteiger partial charge in [-0.1, -0.05) is 5.10 Å². The van der Waals surface area contributed by atoms with Crippen LogP contribution in [0.25, 0.3) is 11.5 Å².